The molecule has 0 spiro atoms. The van der Waals surface area contributed by atoms with Crippen LogP contribution < -0.4 is 0 Å². The Balaban J connectivity index is 1.02. The second-order valence-corrected chi connectivity index (χ2v) is 16.4. The van der Waals surface area contributed by atoms with Crippen LogP contribution in [0.2, 0.25) is 0 Å². The first-order valence-electron chi connectivity index (χ1n) is 20.7. The molecule has 0 aliphatic rings. The summed E-state index contributed by atoms with van der Waals surface area (Å²) < 4.78 is 8.99. The summed E-state index contributed by atoms with van der Waals surface area (Å²) in [5.74, 6) is 2.21. The number of aromatic nitrogens is 6. The third-order valence-corrected chi connectivity index (χ3v) is 12.4. The van der Waals surface area contributed by atoms with Crippen LogP contribution in [0.1, 0.15) is 0 Å². The van der Waals surface area contributed by atoms with Crippen molar-refractivity contribution >= 4 is 55.5 Å². The molecule has 7 nitrogen and oxygen atoms in total. The van der Waals surface area contributed by atoms with E-state index in [4.69, 9.17) is 29.3 Å². The first kappa shape index (κ1) is 36.6. The van der Waals surface area contributed by atoms with Gasteiger partial charge in [-0.1, -0.05) is 169 Å². The minimum Gasteiger partial charge on any atom is -0.455 e. The topological polar surface area (TPSA) is 82.5 Å². The molecule has 0 saturated carbocycles. The lowest BCUT2D eigenvalue weighted by atomic mass is 9.99. The molecule has 0 unspecified atom stereocenters. The van der Waals surface area contributed by atoms with E-state index in [-0.39, 0.29) is 0 Å². The molecule has 12 rings (SSSR count). The third-order valence-electron chi connectivity index (χ3n) is 11.4. The monoisotopic (exact) mass is 826 g/mol. The van der Waals surface area contributed by atoms with Gasteiger partial charge in [0.05, 0.1) is 27.2 Å². The van der Waals surface area contributed by atoms with Gasteiger partial charge in [-0.3, -0.25) is 4.57 Å². The zero-order valence-electron chi connectivity index (χ0n) is 33.6. The van der Waals surface area contributed by atoms with E-state index in [9.17, 15) is 0 Å². The molecule has 296 valence electrons. The van der Waals surface area contributed by atoms with E-state index in [1.54, 1.807) is 11.8 Å². The van der Waals surface area contributed by atoms with Crippen LogP contribution in [0, 0.1) is 0 Å². The molecule has 12 aromatic rings. The molecule has 8 aromatic carbocycles. The molecule has 0 radical (unpaired) electrons. The van der Waals surface area contributed by atoms with Crippen molar-refractivity contribution in [3.05, 3.63) is 206 Å². The molecule has 4 aromatic heterocycles. The predicted molar refractivity (Wildman–Crippen MR) is 255 cm³/mol. The van der Waals surface area contributed by atoms with Gasteiger partial charge in [-0.2, -0.15) is 9.97 Å². The summed E-state index contributed by atoms with van der Waals surface area (Å²) in [6.45, 7) is 0. The zero-order chi connectivity index (χ0) is 41.7. The van der Waals surface area contributed by atoms with Crippen molar-refractivity contribution in [1.82, 2.24) is 29.5 Å². The summed E-state index contributed by atoms with van der Waals surface area (Å²) in [5.41, 5.74) is 10.1. The highest BCUT2D eigenvalue weighted by Gasteiger charge is 2.22. The van der Waals surface area contributed by atoms with Gasteiger partial charge in [-0.25, -0.2) is 15.0 Å². The standard InChI is InChI=1S/C55H34N6OS/c1-5-17-35(18-6-1)40-26-16-30-46-49(40)43-25-13-14-29-45(43)61(46)55-59-53(37-21-9-3-10-22-37)58-54(60-55)44-28-15-27-42-41-32-31-38(33-47(41)62-51(42)44)52-56-34-48(63-39-23-11-4-12-24-39)50(57-52)36-19-7-2-8-20-36/h1-34H. The van der Waals surface area contributed by atoms with Crippen LogP contribution in [-0.2, 0) is 0 Å². The van der Waals surface area contributed by atoms with E-state index in [1.807, 2.05) is 97.2 Å². The minimum absolute atomic E-state index is 0.510. The van der Waals surface area contributed by atoms with Crippen molar-refractivity contribution in [3.63, 3.8) is 0 Å². The molecule has 0 aliphatic heterocycles. The van der Waals surface area contributed by atoms with E-state index in [0.717, 1.165) is 87.0 Å². The van der Waals surface area contributed by atoms with Crippen LogP contribution in [0.3, 0.4) is 0 Å². The van der Waals surface area contributed by atoms with Gasteiger partial charge in [0.15, 0.2) is 17.5 Å². The van der Waals surface area contributed by atoms with Crippen molar-refractivity contribution < 1.29 is 4.42 Å². The lowest BCUT2D eigenvalue weighted by Crippen LogP contribution is -2.06. The number of furan rings is 1. The highest BCUT2D eigenvalue weighted by molar-refractivity contribution is 7.99. The molecule has 0 bridgehead atoms. The second kappa shape index (κ2) is 15.4. The summed E-state index contributed by atoms with van der Waals surface area (Å²) in [6.07, 6.45) is 1.92. The van der Waals surface area contributed by atoms with Gasteiger partial charge in [0.25, 0.3) is 0 Å². The Kier molecular flexibility index (Phi) is 8.93. The zero-order valence-corrected chi connectivity index (χ0v) is 34.4. The Morgan fingerprint density at radius 2 is 1.06 bits per heavy atom. The van der Waals surface area contributed by atoms with Crippen molar-refractivity contribution in [2.45, 2.75) is 9.79 Å². The fraction of sp³-hybridized carbons (Fsp3) is 0. The van der Waals surface area contributed by atoms with Crippen molar-refractivity contribution in [3.8, 4) is 62.5 Å². The number of rotatable bonds is 8. The van der Waals surface area contributed by atoms with E-state index in [1.165, 1.54) is 0 Å². The first-order valence-corrected chi connectivity index (χ1v) is 21.6. The average molecular weight is 827 g/mol. The van der Waals surface area contributed by atoms with Crippen LogP contribution in [0.15, 0.2) is 221 Å². The Labute approximate surface area is 366 Å². The Morgan fingerprint density at radius 1 is 0.429 bits per heavy atom. The van der Waals surface area contributed by atoms with E-state index in [0.29, 0.717) is 29.0 Å². The van der Waals surface area contributed by atoms with Gasteiger partial charge in [-0.05, 0) is 53.6 Å². The normalized spacial score (nSPS) is 11.6. The van der Waals surface area contributed by atoms with E-state index in [2.05, 4.69) is 114 Å². The lowest BCUT2D eigenvalue weighted by Gasteiger charge is -2.11. The molecule has 4 heterocycles. The van der Waals surface area contributed by atoms with Gasteiger partial charge in [0.2, 0.25) is 5.95 Å². The number of para-hydroxylation sites is 2. The number of nitrogens with zero attached hydrogens (tertiary/aromatic N) is 6. The summed E-state index contributed by atoms with van der Waals surface area (Å²) in [5, 5.41) is 4.20. The van der Waals surface area contributed by atoms with Gasteiger partial charge < -0.3 is 4.42 Å². The molecule has 0 atom stereocenters. The van der Waals surface area contributed by atoms with Crippen LogP contribution in [0.25, 0.3) is 106 Å². The average Bonchev–Trinajstić information content (AvgIpc) is 3.91. The molecule has 0 aliphatic carbocycles. The largest absolute Gasteiger partial charge is 0.455 e. The van der Waals surface area contributed by atoms with E-state index < -0.39 is 0 Å². The third kappa shape index (κ3) is 6.52. The summed E-state index contributed by atoms with van der Waals surface area (Å²) in [7, 11) is 0. The maximum atomic E-state index is 6.83. The van der Waals surface area contributed by atoms with Crippen LogP contribution in [0.4, 0.5) is 0 Å². The van der Waals surface area contributed by atoms with Crippen molar-refractivity contribution in [2.24, 2.45) is 0 Å². The summed E-state index contributed by atoms with van der Waals surface area (Å²) >= 11 is 1.66. The maximum Gasteiger partial charge on any atom is 0.238 e. The molecular weight excluding hydrogens is 793 g/mol. The van der Waals surface area contributed by atoms with Crippen LogP contribution >= 0.6 is 11.8 Å². The highest BCUT2D eigenvalue weighted by Crippen LogP contribution is 2.41. The molecule has 63 heavy (non-hydrogen) atoms. The maximum absolute atomic E-state index is 6.83. The molecule has 0 amide bonds. The van der Waals surface area contributed by atoms with Gasteiger partial charge in [0, 0.05) is 49.3 Å². The molecule has 0 N–H and O–H groups in total. The van der Waals surface area contributed by atoms with E-state index >= 15 is 0 Å². The summed E-state index contributed by atoms with van der Waals surface area (Å²) in [6, 6.07) is 68.4. The molecule has 0 fully saturated rings. The summed E-state index contributed by atoms with van der Waals surface area (Å²) in [4.78, 5) is 27.8. The molecule has 8 heteroatoms. The second-order valence-electron chi connectivity index (χ2n) is 15.2. The van der Waals surface area contributed by atoms with Gasteiger partial charge in [0.1, 0.15) is 11.2 Å². The minimum atomic E-state index is 0.510. The van der Waals surface area contributed by atoms with Crippen molar-refractivity contribution in [2.75, 3.05) is 0 Å². The van der Waals surface area contributed by atoms with Crippen LogP contribution in [0.5, 0.6) is 0 Å². The number of hydrogen-bond donors (Lipinski definition) is 0. The lowest BCUT2D eigenvalue weighted by molar-refractivity contribution is 0.669. The first-order chi connectivity index (χ1) is 31.2. The van der Waals surface area contributed by atoms with Crippen LogP contribution in [-0.4, -0.2) is 29.5 Å². The highest BCUT2D eigenvalue weighted by atomic mass is 32.2. The van der Waals surface area contributed by atoms with Gasteiger partial charge >= 0.3 is 0 Å². The quantitative estimate of drug-likeness (QED) is 0.151. The number of hydrogen-bond acceptors (Lipinski definition) is 7. The Bertz CT molecular complexity index is 3650. The fourth-order valence-corrected chi connectivity index (χ4v) is 9.42. The Hall–Kier alpha value is -8.20. The predicted octanol–water partition coefficient (Wildman–Crippen LogP) is 14.1. The van der Waals surface area contributed by atoms with Crippen molar-refractivity contribution in [1.29, 1.82) is 0 Å². The van der Waals surface area contributed by atoms with Gasteiger partial charge in [-0.15, -0.1) is 0 Å². The Morgan fingerprint density at radius 3 is 1.86 bits per heavy atom. The fourth-order valence-electron chi connectivity index (χ4n) is 8.51. The smallest absolute Gasteiger partial charge is 0.238 e. The number of benzene rings is 8. The number of fused-ring (bicyclic) bond motifs is 6. The molecular formula is C55H34N6OS. The SMILES string of the molecule is c1ccc(Sc2cnc(-c3ccc4c(c3)oc3c(-c5nc(-c6ccccc6)nc(-n6c7ccccc7c7c(-c8ccccc8)cccc76)n5)cccc34)nc2-c2ccccc2)cc1. The molecule has 0 saturated heterocycles.